The smallest absolute Gasteiger partial charge is 0.318 e. The zero-order valence-electron chi connectivity index (χ0n) is 9.07. The van der Waals surface area contributed by atoms with Gasteiger partial charge in [-0.05, 0) is 41.1 Å². The Kier molecular flexibility index (Phi) is 4.83. The first-order valence-corrected chi connectivity index (χ1v) is 6.39. The van der Waals surface area contributed by atoms with E-state index in [9.17, 15) is 9.59 Å². The maximum Gasteiger partial charge on any atom is 0.318 e. The minimum atomic E-state index is -0.848. The number of nitrogens with one attached hydrogen (secondary N) is 1. The van der Waals surface area contributed by atoms with Crippen LogP contribution in [0.15, 0.2) is 27.6 Å². The number of rotatable bonds is 3. The second-order valence-corrected chi connectivity index (χ2v) is 5.54. The number of urea groups is 1. The highest BCUT2D eigenvalue weighted by Crippen LogP contribution is 2.31. The van der Waals surface area contributed by atoms with Crippen molar-refractivity contribution in [3.8, 4) is 0 Å². The standard InChI is InChI=1S/C10H12BrN3O2S/c1-5(9(15)14-10(13)16)17-8-3-2-6(12)4-7(8)11/h2-5H,12H2,1H3,(H3,13,14,15,16). The summed E-state index contributed by atoms with van der Waals surface area (Å²) in [7, 11) is 0. The number of imide groups is 1. The van der Waals surface area contributed by atoms with Gasteiger partial charge in [-0.1, -0.05) is 0 Å². The first kappa shape index (κ1) is 13.9. The SMILES string of the molecule is CC(Sc1ccc(N)cc1Br)C(=O)NC(N)=O. The number of halogens is 1. The topological polar surface area (TPSA) is 98.2 Å². The van der Waals surface area contributed by atoms with E-state index in [4.69, 9.17) is 11.5 Å². The van der Waals surface area contributed by atoms with E-state index in [1.54, 1.807) is 25.1 Å². The maximum atomic E-state index is 11.5. The Labute approximate surface area is 111 Å². The lowest BCUT2D eigenvalue weighted by Gasteiger charge is -2.11. The summed E-state index contributed by atoms with van der Waals surface area (Å²) in [5, 5.41) is 1.60. The molecule has 5 nitrogen and oxygen atoms in total. The molecule has 0 bridgehead atoms. The molecule has 1 aromatic carbocycles. The van der Waals surface area contributed by atoms with Gasteiger partial charge in [0.1, 0.15) is 0 Å². The van der Waals surface area contributed by atoms with Gasteiger partial charge in [0.15, 0.2) is 0 Å². The fraction of sp³-hybridized carbons (Fsp3) is 0.200. The molecule has 0 saturated heterocycles. The minimum Gasteiger partial charge on any atom is -0.399 e. The summed E-state index contributed by atoms with van der Waals surface area (Å²) in [6.07, 6.45) is 0. The summed E-state index contributed by atoms with van der Waals surface area (Å²) < 4.78 is 0.807. The molecule has 1 atom stereocenters. The number of thioether (sulfide) groups is 1. The number of carbonyl (C=O) groups is 2. The molecule has 7 heteroatoms. The summed E-state index contributed by atoms with van der Waals surface area (Å²) in [6, 6.07) is 4.45. The third kappa shape index (κ3) is 4.27. The monoisotopic (exact) mass is 317 g/mol. The molecular weight excluding hydrogens is 306 g/mol. The van der Waals surface area contributed by atoms with Gasteiger partial charge in [-0.15, -0.1) is 11.8 Å². The average Bonchev–Trinajstić information content (AvgIpc) is 2.21. The highest BCUT2D eigenvalue weighted by atomic mass is 79.9. The third-order valence-corrected chi connectivity index (χ3v) is 3.97. The van der Waals surface area contributed by atoms with Gasteiger partial charge in [-0.3, -0.25) is 10.1 Å². The van der Waals surface area contributed by atoms with Crippen molar-refractivity contribution in [2.75, 3.05) is 5.73 Å². The Balaban J connectivity index is 2.70. The van der Waals surface area contributed by atoms with E-state index in [0.717, 1.165) is 9.37 Å². The largest absolute Gasteiger partial charge is 0.399 e. The van der Waals surface area contributed by atoms with Crippen molar-refractivity contribution in [3.63, 3.8) is 0 Å². The Morgan fingerprint density at radius 2 is 2.12 bits per heavy atom. The molecule has 92 valence electrons. The predicted octanol–water partition coefficient (Wildman–Crippen LogP) is 1.71. The number of benzene rings is 1. The quantitative estimate of drug-likeness (QED) is 0.583. The lowest BCUT2D eigenvalue weighted by atomic mass is 10.3. The molecule has 0 fully saturated rings. The Morgan fingerprint density at radius 3 is 2.65 bits per heavy atom. The zero-order chi connectivity index (χ0) is 13.0. The van der Waals surface area contributed by atoms with Gasteiger partial charge in [-0.25, -0.2) is 4.79 Å². The molecule has 5 N–H and O–H groups in total. The van der Waals surface area contributed by atoms with Crippen molar-refractivity contribution in [2.45, 2.75) is 17.1 Å². The zero-order valence-corrected chi connectivity index (χ0v) is 11.5. The number of carbonyl (C=O) groups excluding carboxylic acids is 2. The highest BCUT2D eigenvalue weighted by molar-refractivity contribution is 9.10. The van der Waals surface area contributed by atoms with E-state index in [2.05, 4.69) is 15.9 Å². The summed E-state index contributed by atoms with van der Waals surface area (Å²) >= 11 is 4.66. The number of primary amides is 1. The van der Waals surface area contributed by atoms with Crippen molar-refractivity contribution in [2.24, 2.45) is 5.73 Å². The summed E-state index contributed by atoms with van der Waals surface area (Å²) in [4.78, 5) is 22.9. The Hall–Kier alpha value is -1.21. The second kappa shape index (κ2) is 5.92. The lowest BCUT2D eigenvalue weighted by Crippen LogP contribution is -2.39. The van der Waals surface area contributed by atoms with E-state index in [1.807, 2.05) is 5.32 Å². The second-order valence-electron chi connectivity index (χ2n) is 3.30. The van der Waals surface area contributed by atoms with Gasteiger partial charge in [-0.2, -0.15) is 0 Å². The van der Waals surface area contributed by atoms with E-state index in [-0.39, 0.29) is 0 Å². The fourth-order valence-electron chi connectivity index (χ4n) is 1.08. The van der Waals surface area contributed by atoms with Crippen LogP contribution in [0.4, 0.5) is 10.5 Å². The molecular formula is C10H12BrN3O2S. The van der Waals surface area contributed by atoms with Crippen LogP contribution in [0.1, 0.15) is 6.92 Å². The van der Waals surface area contributed by atoms with E-state index in [1.165, 1.54) is 11.8 Å². The van der Waals surface area contributed by atoms with Crippen LogP contribution in [0, 0.1) is 0 Å². The lowest BCUT2D eigenvalue weighted by molar-refractivity contribution is -0.119. The van der Waals surface area contributed by atoms with Crippen LogP contribution in [0.5, 0.6) is 0 Å². The number of nitrogen functional groups attached to an aromatic ring is 1. The van der Waals surface area contributed by atoms with Crippen LogP contribution in [0.2, 0.25) is 0 Å². The van der Waals surface area contributed by atoms with Crippen LogP contribution in [-0.2, 0) is 4.79 Å². The van der Waals surface area contributed by atoms with Crippen molar-refractivity contribution in [1.29, 1.82) is 0 Å². The summed E-state index contributed by atoms with van der Waals surface area (Å²) in [6.45, 7) is 1.69. The number of hydrogen-bond acceptors (Lipinski definition) is 4. The number of amides is 3. The molecule has 0 spiro atoms. The Morgan fingerprint density at radius 1 is 1.47 bits per heavy atom. The van der Waals surface area contributed by atoms with E-state index >= 15 is 0 Å². The van der Waals surface area contributed by atoms with E-state index in [0.29, 0.717) is 5.69 Å². The van der Waals surface area contributed by atoms with Crippen molar-refractivity contribution in [3.05, 3.63) is 22.7 Å². The molecule has 0 aliphatic carbocycles. The normalized spacial score (nSPS) is 11.9. The molecule has 1 unspecified atom stereocenters. The average molecular weight is 318 g/mol. The number of nitrogens with two attached hydrogens (primary N) is 2. The molecule has 17 heavy (non-hydrogen) atoms. The molecule has 0 radical (unpaired) electrons. The highest BCUT2D eigenvalue weighted by Gasteiger charge is 2.16. The molecule has 0 aromatic heterocycles. The molecule has 1 aromatic rings. The van der Waals surface area contributed by atoms with E-state index < -0.39 is 17.2 Å². The molecule has 1 rings (SSSR count). The molecule has 0 saturated carbocycles. The summed E-state index contributed by atoms with van der Waals surface area (Å²) in [5.74, 6) is -0.425. The number of hydrogen-bond donors (Lipinski definition) is 3. The van der Waals surface area contributed by atoms with Crippen molar-refractivity contribution in [1.82, 2.24) is 5.32 Å². The first-order valence-electron chi connectivity index (χ1n) is 4.72. The molecule has 0 aliphatic heterocycles. The van der Waals surface area contributed by atoms with Crippen LogP contribution in [-0.4, -0.2) is 17.2 Å². The van der Waals surface area contributed by atoms with Crippen LogP contribution >= 0.6 is 27.7 Å². The third-order valence-electron chi connectivity index (χ3n) is 1.88. The van der Waals surface area contributed by atoms with Crippen LogP contribution in [0.3, 0.4) is 0 Å². The van der Waals surface area contributed by atoms with Gasteiger partial charge < -0.3 is 11.5 Å². The maximum absolute atomic E-state index is 11.5. The molecule has 3 amide bonds. The van der Waals surface area contributed by atoms with Gasteiger partial charge in [0.25, 0.3) is 0 Å². The minimum absolute atomic E-state index is 0.425. The fourth-order valence-corrected chi connectivity index (χ4v) is 2.62. The van der Waals surface area contributed by atoms with Gasteiger partial charge >= 0.3 is 6.03 Å². The number of anilines is 1. The summed E-state index contributed by atoms with van der Waals surface area (Å²) in [5.41, 5.74) is 11.1. The van der Waals surface area contributed by atoms with Gasteiger partial charge in [0, 0.05) is 15.1 Å². The Bertz CT molecular complexity index is 453. The van der Waals surface area contributed by atoms with Crippen molar-refractivity contribution >= 4 is 45.3 Å². The molecule has 0 heterocycles. The predicted molar refractivity (Wildman–Crippen MR) is 71.6 cm³/mol. The van der Waals surface area contributed by atoms with Gasteiger partial charge in [0.2, 0.25) is 5.91 Å². The van der Waals surface area contributed by atoms with Crippen molar-refractivity contribution < 1.29 is 9.59 Å². The van der Waals surface area contributed by atoms with Crippen LogP contribution < -0.4 is 16.8 Å². The first-order chi connectivity index (χ1) is 7.90. The molecule has 0 aliphatic rings. The van der Waals surface area contributed by atoms with Gasteiger partial charge in [0.05, 0.1) is 5.25 Å². The van der Waals surface area contributed by atoms with Crippen LogP contribution in [0.25, 0.3) is 0 Å².